The van der Waals surface area contributed by atoms with Gasteiger partial charge in [-0.25, -0.2) is 0 Å². The minimum absolute atomic E-state index is 0.227. The Kier molecular flexibility index (Phi) is 9.27. The van der Waals surface area contributed by atoms with Gasteiger partial charge in [-0.2, -0.15) is 0 Å². The molecule has 1 N–H and O–H groups in total. The molecule has 0 saturated carbocycles. The molecular formula is C27H32N2O2. The predicted octanol–water partition coefficient (Wildman–Crippen LogP) is 7.05. The van der Waals surface area contributed by atoms with Crippen LogP contribution >= 0.6 is 0 Å². The topological polar surface area (TPSA) is 55.2 Å². The lowest BCUT2D eigenvalue weighted by Gasteiger charge is -2.08. The highest BCUT2D eigenvalue weighted by molar-refractivity contribution is 5.87. The first-order valence-electron chi connectivity index (χ1n) is 11.2. The van der Waals surface area contributed by atoms with E-state index in [-0.39, 0.29) is 5.75 Å². The van der Waals surface area contributed by atoms with Crippen molar-refractivity contribution in [2.75, 3.05) is 6.61 Å². The van der Waals surface area contributed by atoms with Crippen molar-refractivity contribution in [3.05, 3.63) is 78.6 Å². The number of phenols is 1. The molecule has 0 aliphatic heterocycles. The van der Waals surface area contributed by atoms with E-state index in [0.717, 1.165) is 29.5 Å². The molecule has 0 saturated heterocycles. The van der Waals surface area contributed by atoms with Crippen molar-refractivity contribution in [2.24, 2.45) is 0 Å². The Labute approximate surface area is 184 Å². The molecule has 0 fully saturated rings. The summed E-state index contributed by atoms with van der Waals surface area (Å²) in [4.78, 5) is 8.40. The molecular weight excluding hydrogens is 384 g/mol. The van der Waals surface area contributed by atoms with Gasteiger partial charge in [-0.3, -0.25) is 9.97 Å². The van der Waals surface area contributed by atoms with Gasteiger partial charge in [0.2, 0.25) is 0 Å². The maximum atomic E-state index is 9.80. The van der Waals surface area contributed by atoms with Crippen LogP contribution in [0, 0.1) is 0 Å². The van der Waals surface area contributed by atoms with Gasteiger partial charge in [-0.15, -0.1) is 0 Å². The second-order valence-corrected chi connectivity index (χ2v) is 7.66. The number of fused-ring (bicyclic) bond motifs is 2. The highest BCUT2D eigenvalue weighted by atomic mass is 16.5. The van der Waals surface area contributed by atoms with E-state index in [1.807, 2.05) is 48.7 Å². The summed E-state index contributed by atoms with van der Waals surface area (Å²) in [6.07, 6.45) is 11.2. The molecule has 2 aromatic heterocycles. The quantitative estimate of drug-likeness (QED) is 0.297. The third-order valence-corrected chi connectivity index (χ3v) is 5.25. The SMILES string of the molecule is CCCCCCCCOCc1ccc(O)c2ncccc12.c1ccc2ncccc2c1. The molecule has 0 amide bonds. The van der Waals surface area contributed by atoms with Crippen LogP contribution in [0.3, 0.4) is 0 Å². The Bertz CT molecular complexity index is 1000. The smallest absolute Gasteiger partial charge is 0.141 e. The molecule has 2 aromatic carbocycles. The van der Waals surface area contributed by atoms with Crippen LogP contribution in [0.4, 0.5) is 0 Å². The van der Waals surface area contributed by atoms with Gasteiger partial charge in [0.05, 0.1) is 12.1 Å². The summed E-state index contributed by atoms with van der Waals surface area (Å²) in [6.45, 7) is 3.62. The summed E-state index contributed by atoms with van der Waals surface area (Å²) in [5, 5.41) is 12.0. The molecule has 0 radical (unpaired) electrons. The Balaban J connectivity index is 0.000000225. The Morgan fingerprint density at radius 1 is 0.774 bits per heavy atom. The molecule has 31 heavy (non-hydrogen) atoms. The number of para-hydroxylation sites is 1. The summed E-state index contributed by atoms with van der Waals surface area (Å²) < 4.78 is 5.76. The number of hydrogen-bond acceptors (Lipinski definition) is 4. The standard InChI is InChI=1S/C18H25NO2.C9H7N/c1-2-3-4-5-6-7-13-21-14-15-10-11-17(20)18-16(15)9-8-12-19-18;1-2-6-9-8(4-1)5-3-7-10-9/h8-12,20H,2-7,13-14H2,1H3;1-7H. The Morgan fingerprint density at radius 3 is 2.39 bits per heavy atom. The minimum atomic E-state index is 0.227. The zero-order chi connectivity index (χ0) is 21.7. The van der Waals surface area contributed by atoms with Crippen LogP contribution in [-0.2, 0) is 11.3 Å². The summed E-state index contributed by atoms with van der Waals surface area (Å²) in [7, 11) is 0. The zero-order valence-corrected chi connectivity index (χ0v) is 18.3. The van der Waals surface area contributed by atoms with Gasteiger partial charge in [0.25, 0.3) is 0 Å². The number of pyridine rings is 2. The fourth-order valence-corrected chi connectivity index (χ4v) is 3.53. The van der Waals surface area contributed by atoms with Crippen molar-refractivity contribution < 1.29 is 9.84 Å². The number of aromatic nitrogens is 2. The van der Waals surface area contributed by atoms with Gasteiger partial charge in [0, 0.05) is 29.8 Å². The first-order valence-corrected chi connectivity index (χ1v) is 11.2. The predicted molar refractivity (Wildman–Crippen MR) is 128 cm³/mol. The average Bonchev–Trinajstić information content (AvgIpc) is 2.83. The molecule has 0 aliphatic carbocycles. The minimum Gasteiger partial charge on any atom is -0.506 e. The van der Waals surface area contributed by atoms with Gasteiger partial charge in [-0.1, -0.05) is 75.4 Å². The van der Waals surface area contributed by atoms with Gasteiger partial charge < -0.3 is 9.84 Å². The summed E-state index contributed by atoms with van der Waals surface area (Å²) >= 11 is 0. The maximum Gasteiger partial charge on any atom is 0.141 e. The lowest BCUT2D eigenvalue weighted by Crippen LogP contribution is -1.97. The third-order valence-electron chi connectivity index (χ3n) is 5.25. The fraction of sp³-hybridized carbons (Fsp3) is 0.333. The fourth-order valence-electron chi connectivity index (χ4n) is 3.53. The molecule has 0 aliphatic rings. The molecule has 0 atom stereocenters. The van der Waals surface area contributed by atoms with Crippen molar-refractivity contribution in [3.63, 3.8) is 0 Å². The van der Waals surface area contributed by atoms with Gasteiger partial charge >= 0.3 is 0 Å². The van der Waals surface area contributed by atoms with Crippen LogP contribution in [-0.4, -0.2) is 21.7 Å². The van der Waals surface area contributed by atoms with Crippen molar-refractivity contribution in [2.45, 2.75) is 52.1 Å². The van der Waals surface area contributed by atoms with Crippen LogP contribution in [0.2, 0.25) is 0 Å². The molecule has 2 heterocycles. The van der Waals surface area contributed by atoms with Crippen molar-refractivity contribution >= 4 is 21.8 Å². The van der Waals surface area contributed by atoms with Crippen LogP contribution in [0.15, 0.2) is 73.1 Å². The van der Waals surface area contributed by atoms with Crippen LogP contribution < -0.4 is 0 Å². The largest absolute Gasteiger partial charge is 0.506 e. The van der Waals surface area contributed by atoms with Crippen LogP contribution in [0.25, 0.3) is 21.8 Å². The molecule has 4 nitrogen and oxygen atoms in total. The Morgan fingerprint density at radius 2 is 1.52 bits per heavy atom. The maximum absolute atomic E-state index is 9.80. The number of ether oxygens (including phenoxy) is 1. The van der Waals surface area contributed by atoms with E-state index in [4.69, 9.17) is 4.74 Å². The van der Waals surface area contributed by atoms with Crippen molar-refractivity contribution in [1.29, 1.82) is 0 Å². The third kappa shape index (κ3) is 7.04. The van der Waals surface area contributed by atoms with Crippen molar-refractivity contribution in [3.8, 4) is 5.75 Å². The van der Waals surface area contributed by atoms with Gasteiger partial charge in [0.1, 0.15) is 11.3 Å². The molecule has 4 rings (SSSR count). The number of nitrogens with zero attached hydrogens (tertiary/aromatic N) is 2. The molecule has 162 valence electrons. The second kappa shape index (κ2) is 12.7. The monoisotopic (exact) mass is 416 g/mol. The molecule has 0 unspecified atom stereocenters. The number of phenolic OH excluding ortho intramolecular Hbond substituents is 1. The Hall–Kier alpha value is -2.98. The first kappa shape index (κ1) is 22.7. The van der Waals surface area contributed by atoms with Crippen molar-refractivity contribution in [1.82, 2.24) is 9.97 Å². The van der Waals surface area contributed by atoms with E-state index < -0.39 is 0 Å². The van der Waals surface area contributed by atoms with E-state index >= 15 is 0 Å². The lowest BCUT2D eigenvalue weighted by molar-refractivity contribution is 0.117. The number of aromatic hydroxyl groups is 1. The van der Waals surface area contributed by atoms with Gasteiger partial charge in [0.15, 0.2) is 0 Å². The number of hydrogen-bond donors (Lipinski definition) is 1. The zero-order valence-electron chi connectivity index (χ0n) is 18.3. The number of rotatable bonds is 9. The second-order valence-electron chi connectivity index (χ2n) is 7.66. The summed E-state index contributed by atoms with van der Waals surface area (Å²) in [6, 6.07) is 19.6. The van der Waals surface area contributed by atoms with Gasteiger partial charge in [-0.05, 0) is 36.2 Å². The summed E-state index contributed by atoms with van der Waals surface area (Å²) in [5.41, 5.74) is 2.80. The normalized spacial score (nSPS) is 10.7. The molecule has 4 heteroatoms. The van der Waals surface area contributed by atoms with E-state index in [1.165, 1.54) is 37.5 Å². The highest BCUT2D eigenvalue weighted by Gasteiger charge is 2.05. The average molecular weight is 417 g/mol. The van der Waals surface area contributed by atoms with E-state index in [9.17, 15) is 5.11 Å². The molecule has 4 aromatic rings. The molecule has 0 bridgehead atoms. The highest BCUT2D eigenvalue weighted by Crippen LogP contribution is 2.25. The lowest BCUT2D eigenvalue weighted by atomic mass is 10.1. The first-order chi connectivity index (χ1) is 15.3. The number of unbranched alkanes of at least 4 members (excludes halogenated alkanes) is 5. The summed E-state index contributed by atoms with van der Waals surface area (Å²) in [5.74, 6) is 0.227. The van der Waals surface area contributed by atoms with E-state index in [1.54, 1.807) is 12.3 Å². The van der Waals surface area contributed by atoms with Crippen LogP contribution in [0.5, 0.6) is 5.75 Å². The van der Waals surface area contributed by atoms with E-state index in [2.05, 4.69) is 29.0 Å². The van der Waals surface area contributed by atoms with E-state index in [0.29, 0.717) is 12.1 Å². The van der Waals surface area contributed by atoms with Crippen LogP contribution in [0.1, 0.15) is 51.0 Å². The number of benzene rings is 2. The molecule has 0 spiro atoms.